The Kier molecular flexibility index (Phi) is 5.63. The summed E-state index contributed by atoms with van der Waals surface area (Å²) in [5.41, 5.74) is -2.27. The molecule has 0 fully saturated rings. The second kappa shape index (κ2) is 8.01. The molecular weight excluding hydrogens is 407 g/mol. The summed E-state index contributed by atoms with van der Waals surface area (Å²) in [6, 6.07) is 0.0280. The van der Waals surface area contributed by atoms with Gasteiger partial charge in [0.15, 0.2) is 17.2 Å². The summed E-state index contributed by atoms with van der Waals surface area (Å²) in [5, 5.41) is 4.64. The number of aromatic nitrogens is 1. The summed E-state index contributed by atoms with van der Waals surface area (Å²) in [6.07, 6.45) is 1.03. The number of amides is 2. The fourth-order valence-corrected chi connectivity index (χ4v) is 3.14. The van der Waals surface area contributed by atoms with Crippen LogP contribution in [-0.4, -0.2) is 35.8 Å². The SMILES string of the molecule is COc1c2n(cc(C(=O)NCc3c(F)cc(F)cc3F)c1=O)[C@@H](C(C)=O)CNC2=O. The highest BCUT2D eigenvalue weighted by Crippen LogP contribution is 2.23. The third-order valence-corrected chi connectivity index (χ3v) is 4.65. The topological polar surface area (TPSA) is 106 Å². The Morgan fingerprint density at radius 3 is 2.43 bits per heavy atom. The lowest BCUT2D eigenvalue weighted by Crippen LogP contribution is -2.44. The maximum atomic E-state index is 13.8. The third kappa shape index (κ3) is 3.65. The first-order valence-corrected chi connectivity index (χ1v) is 8.69. The molecule has 1 aliphatic heterocycles. The van der Waals surface area contributed by atoms with Crippen molar-refractivity contribution in [1.29, 1.82) is 0 Å². The van der Waals surface area contributed by atoms with Gasteiger partial charge in [0, 0.05) is 37.0 Å². The first kappa shape index (κ1) is 21.1. The number of halogens is 3. The van der Waals surface area contributed by atoms with Crippen LogP contribution in [0.2, 0.25) is 0 Å². The number of fused-ring (bicyclic) bond motifs is 1. The molecule has 1 aromatic carbocycles. The van der Waals surface area contributed by atoms with Crippen molar-refractivity contribution in [3.05, 3.63) is 62.8 Å². The molecule has 0 bridgehead atoms. The average Bonchev–Trinajstić information content (AvgIpc) is 2.66. The van der Waals surface area contributed by atoms with Crippen LogP contribution in [0.3, 0.4) is 0 Å². The molecule has 30 heavy (non-hydrogen) atoms. The number of hydrogen-bond donors (Lipinski definition) is 2. The van der Waals surface area contributed by atoms with E-state index in [0.29, 0.717) is 12.1 Å². The number of pyridine rings is 1. The number of nitrogens with zero attached hydrogens (tertiary/aromatic N) is 1. The number of Topliss-reactive ketones (excluding diaryl/α,β-unsaturated/α-hetero) is 1. The van der Waals surface area contributed by atoms with Crippen LogP contribution in [0.5, 0.6) is 5.75 Å². The highest BCUT2D eigenvalue weighted by atomic mass is 19.1. The molecule has 0 aliphatic carbocycles. The Hall–Kier alpha value is -3.63. The van der Waals surface area contributed by atoms with E-state index in [9.17, 15) is 32.3 Å². The molecule has 158 valence electrons. The monoisotopic (exact) mass is 423 g/mol. The summed E-state index contributed by atoms with van der Waals surface area (Å²) in [6.45, 7) is 0.549. The Morgan fingerprint density at radius 1 is 1.23 bits per heavy atom. The van der Waals surface area contributed by atoms with Gasteiger partial charge >= 0.3 is 0 Å². The second-order valence-corrected chi connectivity index (χ2v) is 6.53. The van der Waals surface area contributed by atoms with Crippen LogP contribution >= 0.6 is 0 Å². The van der Waals surface area contributed by atoms with Gasteiger partial charge in [-0.2, -0.15) is 0 Å². The molecule has 1 atom stereocenters. The molecule has 2 heterocycles. The summed E-state index contributed by atoms with van der Waals surface area (Å²) in [5.74, 6) is -6.02. The second-order valence-electron chi connectivity index (χ2n) is 6.53. The van der Waals surface area contributed by atoms with E-state index in [-0.39, 0.29) is 18.0 Å². The Morgan fingerprint density at radius 2 is 1.87 bits per heavy atom. The molecule has 1 aliphatic rings. The van der Waals surface area contributed by atoms with E-state index in [1.165, 1.54) is 6.92 Å². The summed E-state index contributed by atoms with van der Waals surface area (Å²) in [4.78, 5) is 49.4. The van der Waals surface area contributed by atoms with Crippen LogP contribution in [0.25, 0.3) is 0 Å². The van der Waals surface area contributed by atoms with Gasteiger partial charge in [-0.25, -0.2) is 13.2 Å². The molecule has 8 nitrogen and oxygen atoms in total. The summed E-state index contributed by atoms with van der Waals surface area (Å²) in [7, 11) is 1.12. The first-order chi connectivity index (χ1) is 14.1. The normalized spacial score (nSPS) is 15.2. The molecule has 3 rings (SSSR count). The van der Waals surface area contributed by atoms with Crippen LogP contribution < -0.4 is 20.8 Å². The lowest BCUT2D eigenvalue weighted by Gasteiger charge is -2.28. The van der Waals surface area contributed by atoms with E-state index in [2.05, 4.69) is 10.6 Å². The number of carbonyl (C=O) groups excluding carboxylic acids is 3. The number of rotatable bonds is 5. The van der Waals surface area contributed by atoms with Gasteiger partial charge in [-0.15, -0.1) is 0 Å². The van der Waals surface area contributed by atoms with Crippen LogP contribution in [0.15, 0.2) is 23.1 Å². The predicted octanol–water partition coefficient (Wildman–Crippen LogP) is 1.08. The van der Waals surface area contributed by atoms with Crippen molar-refractivity contribution in [3.8, 4) is 5.75 Å². The van der Waals surface area contributed by atoms with Crippen molar-refractivity contribution in [3.63, 3.8) is 0 Å². The number of ether oxygens (including phenoxy) is 1. The van der Waals surface area contributed by atoms with Crippen LogP contribution in [0.1, 0.15) is 39.4 Å². The van der Waals surface area contributed by atoms with E-state index in [1.54, 1.807) is 0 Å². The molecule has 11 heteroatoms. The molecule has 2 N–H and O–H groups in total. The molecular formula is C19H16F3N3O5. The minimum Gasteiger partial charge on any atom is -0.491 e. The quantitative estimate of drug-likeness (QED) is 0.749. The summed E-state index contributed by atoms with van der Waals surface area (Å²) >= 11 is 0. The molecule has 0 saturated heterocycles. The number of hydrogen-bond acceptors (Lipinski definition) is 5. The van der Waals surface area contributed by atoms with Gasteiger partial charge in [-0.3, -0.25) is 19.2 Å². The van der Waals surface area contributed by atoms with Crippen LogP contribution in [0.4, 0.5) is 13.2 Å². The fourth-order valence-electron chi connectivity index (χ4n) is 3.14. The van der Waals surface area contributed by atoms with Crippen molar-refractivity contribution < 1.29 is 32.3 Å². The van der Waals surface area contributed by atoms with Crippen LogP contribution in [0, 0.1) is 17.5 Å². The third-order valence-electron chi connectivity index (χ3n) is 4.65. The van der Waals surface area contributed by atoms with Crippen molar-refractivity contribution in [2.45, 2.75) is 19.5 Å². The van der Waals surface area contributed by atoms with Gasteiger partial charge in [0.05, 0.1) is 7.11 Å². The molecule has 1 aromatic heterocycles. The number of carbonyl (C=O) groups is 3. The first-order valence-electron chi connectivity index (χ1n) is 8.69. The zero-order chi connectivity index (χ0) is 22.2. The zero-order valence-electron chi connectivity index (χ0n) is 15.8. The number of benzene rings is 1. The molecule has 0 unspecified atom stereocenters. The number of methoxy groups -OCH3 is 1. The fraction of sp³-hybridized carbons (Fsp3) is 0.263. The molecule has 2 amide bonds. The maximum absolute atomic E-state index is 13.8. The smallest absolute Gasteiger partial charge is 0.272 e. The lowest BCUT2D eigenvalue weighted by molar-refractivity contribution is -0.120. The Labute approximate surface area is 167 Å². The van der Waals surface area contributed by atoms with E-state index >= 15 is 0 Å². The van der Waals surface area contributed by atoms with Crippen molar-refractivity contribution in [2.75, 3.05) is 13.7 Å². The molecule has 2 aromatic rings. The van der Waals surface area contributed by atoms with Crippen molar-refractivity contribution in [1.82, 2.24) is 15.2 Å². The van der Waals surface area contributed by atoms with Crippen molar-refractivity contribution in [2.24, 2.45) is 0 Å². The van der Waals surface area contributed by atoms with Gasteiger partial charge < -0.3 is 19.9 Å². The van der Waals surface area contributed by atoms with E-state index in [0.717, 1.165) is 17.9 Å². The molecule has 0 spiro atoms. The number of nitrogens with one attached hydrogen (secondary N) is 2. The largest absolute Gasteiger partial charge is 0.491 e. The van der Waals surface area contributed by atoms with E-state index < -0.39 is 64.2 Å². The van der Waals surface area contributed by atoms with Gasteiger partial charge in [0.2, 0.25) is 5.43 Å². The molecule has 0 saturated carbocycles. The maximum Gasteiger partial charge on any atom is 0.272 e. The summed E-state index contributed by atoms with van der Waals surface area (Å²) < 4.78 is 46.7. The minimum atomic E-state index is -1.21. The Bertz CT molecular complexity index is 1110. The lowest BCUT2D eigenvalue weighted by atomic mass is 10.1. The van der Waals surface area contributed by atoms with Crippen LogP contribution in [-0.2, 0) is 11.3 Å². The van der Waals surface area contributed by atoms with Crippen molar-refractivity contribution >= 4 is 17.6 Å². The highest BCUT2D eigenvalue weighted by molar-refractivity contribution is 6.00. The molecule has 0 radical (unpaired) electrons. The standard InChI is InChI=1S/C19H16F3N3O5/c1-8(26)14-6-24-19(29)15-17(30-2)16(27)11(7-25(14)15)18(28)23-5-10-12(21)3-9(20)4-13(10)22/h3-4,7,14H,5-6H2,1-2H3,(H,23,28)(H,24,29)/t14-/m1/s1. The van der Waals surface area contributed by atoms with E-state index in [1.807, 2.05) is 0 Å². The van der Waals surface area contributed by atoms with E-state index in [4.69, 9.17) is 4.74 Å². The predicted molar refractivity (Wildman–Crippen MR) is 96.8 cm³/mol. The zero-order valence-corrected chi connectivity index (χ0v) is 15.8. The highest BCUT2D eigenvalue weighted by Gasteiger charge is 2.33. The van der Waals surface area contributed by atoms with Gasteiger partial charge in [-0.1, -0.05) is 0 Å². The minimum absolute atomic E-state index is 0.0553. The Balaban J connectivity index is 2.01. The van der Waals surface area contributed by atoms with Gasteiger partial charge in [0.25, 0.3) is 11.8 Å². The number of ketones is 1. The van der Waals surface area contributed by atoms with Gasteiger partial charge in [-0.05, 0) is 6.92 Å². The average molecular weight is 423 g/mol. The van der Waals surface area contributed by atoms with Gasteiger partial charge in [0.1, 0.15) is 29.1 Å².